The molecule has 30 heavy (non-hydrogen) atoms. The summed E-state index contributed by atoms with van der Waals surface area (Å²) >= 11 is 0. The van der Waals surface area contributed by atoms with Gasteiger partial charge in [-0.25, -0.2) is 4.79 Å². The van der Waals surface area contributed by atoms with E-state index in [1.165, 1.54) is 0 Å². The molecule has 3 rings (SSSR count). The molecule has 0 bridgehead atoms. The molecule has 2 amide bonds. The van der Waals surface area contributed by atoms with Crippen LogP contribution in [-0.4, -0.2) is 24.8 Å². The van der Waals surface area contributed by atoms with Crippen molar-refractivity contribution in [3.8, 4) is 0 Å². The average molecular weight is 411 g/mol. The van der Waals surface area contributed by atoms with Gasteiger partial charge >= 0.3 is 6.03 Å². The van der Waals surface area contributed by atoms with Crippen molar-refractivity contribution in [1.29, 1.82) is 0 Å². The first-order valence-electron chi connectivity index (χ1n) is 10.8. The van der Waals surface area contributed by atoms with Crippen molar-refractivity contribution in [3.05, 3.63) is 65.2 Å². The van der Waals surface area contributed by atoms with E-state index in [1.54, 1.807) is 0 Å². The number of para-hydroxylation sites is 1. The molecule has 5 nitrogen and oxygen atoms in total. The van der Waals surface area contributed by atoms with Gasteiger partial charge < -0.3 is 20.1 Å². The molecule has 2 aromatic rings. The van der Waals surface area contributed by atoms with Crippen LogP contribution in [0, 0.1) is 0 Å². The molecule has 2 atom stereocenters. The van der Waals surface area contributed by atoms with Crippen molar-refractivity contribution in [2.24, 2.45) is 0 Å². The topological polar surface area (TPSA) is 59.6 Å². The number of amides is 2. The number of carbonyl (C=O) groups excluding carboxylic acids is 1. The lowest BCUT2D eigenvalue weighted by atomic mass is 9.93. The number of rotatable bonds is 6. The monoisotopic (exact) mass is 410 g/mol. The third kappa shape index (κ3) is 4.68. The molecule has 0 saturated carbocycles. The van der Waals surface area contributed by atoms with E-state index in [0.29, 0.717) is 11.8 Å². The van der Waals surface area contributed by atoms with Gasteiger partial charge in [0.2, 0.25) is 5.79 Å². The van der Waals surface area contributed by atoms with Crippen LogP contribution in [0.1, 0.15) is 70.1 Å². The molecule has 1 aliphatic rings. The number of carbonyl (C=O) groups is 1. The SMILES string of the molecule is CC(C)c1cccc(C(C)C)c1NC(=O)NCC1(c2ccccc2)O[C@H](C)[C@@H](C)O1. The average Bonchev–Trinajstić information content (AvgIpc) is 3.02. The van der Waals surface area contributed by atoms with Crippen LogP contribution in [0.2, 0.25) is 0 Å². The van der Waals surface area contributed by atoms with Crippen LogP contribution >= 0.6 is 0 Å². The normalized spacial score (nSPS) is 20.5. The molecule has 1 saturated heterocycles. The first kappa shape index (κ1) is 22.3. The molecule has 1 fully saturated rings. The third-order valence-electron chi connectivity index (χ3n) is 5.72. The van der Waals surface area contributed by atoms with Gasteiger partial charge in [-0.15, -0.1) is 0 Å². The maximum Gasteiger partial charge on any atom is 0.319 e. The zero-order valence-corrected chi connectivity index (χ0v) is 18.9. The van der Waals surface area contributed by atoms with Crippen molar-refractivity contribution in [3.63, 3.8) is 0 Å². The van der Waals surface area contributed by atoms with E-state index in [2.05, 4.69) is 56.5 Å². The summed E-state index contributed by atoms with van der Waals surface area (Å²) in [6.45, 7) is 12.7. The molecule has 1 aliphatic heterocycles. The van der Waals surface area contributed by atoms with Crippen LogP contribution in [-0.2, 0) is 15.3 Å². The van der Waals surface area contributed by atoms with E-state index < -0.39 is 5.79 Å². The minimum absolute atomic E-state index is 0.0655. The molecule has 0 spiro atoms. The molecule has 1 heterocycles. The van der Waals surface area contributed by atoms with Gasteiger partial charge in [-0.3, -0.25) is 0 Å². The van der Waals surface area contributed by atoms with Gasteiger partial charge in [0.15, 0.2) is 0 Å². The Kier molecular flexibility index (Phi) is 6.84. The van der Waals surface area contributed by atoms with Gasteiger partial charge in [-0.05, 0) is 36.8 Å². The van der Waals surface area contributed by atoms with Gasteiger partial charge in [-0.2, -0.15) is 0 Å². The van der Waals surface area contributed by atoms with E-state index in [0.717, 1.165) is 22.4 Å². The van der Waals surface area contributed by atoms with Crippen molar-refractivity contribution in [2.75, 3.05) is 11.9 Å². The quantitative estimate of drug-likeness (QED) is 0.639. The fraction of sp³-hybridized carbons (Fsp3) is 0.480. The summed E-state index contributed by atoms with van der Waals surface area (Å²) in [5.74, 6) is -0.383. The van der Waals surface area contributed by atoms with Crippen molar-refractivity contribution < 1.29 is 14.3 Å². The molecule has 162 valence electrons. The number of urea groups is 1. The highest BCUT2D eigenvalue weighted by molar-refractivity contribution is 5.91. The third-order valence-corrected chi connectivity index (χ3v) is 5.72. The number of ether oxygens (including phenoxy) is 2. The van der Waals surface area contributed by atoms with E-state index in [4.69, 9.17) is 9.47 Å². The van der Waals surface area contributed by atoms with Crippen molar-refractivity contribution in [1.82, 2.24) is 5.32 Å². The highest BCUT2D eigenvalue weighted by Gasteiger charge is 2.45. The lowest BCUT2D eigenvalue weighted by Gasteiger charge is -2.29. The number of nitrogens with one attached hydrogen (secondary N) is 2. The van der Waals surface area contributed by atoms with Gasteiger partial charge in [0.05, 0.1) is 18.8 Å². The lowest BCUT2D eigenvalue weighted by Crippen LogP contribution is -2.44. The predicted octanol–water partition coefficient (Wildman–Crippen LogP) is 5.73. The molecule has 0 aliphatic carbocycles. The summed E-state index contributed by atoms with van der Waals surface area (Å²) < 4.78 is 12.4. The molecule has 5 heteroatoms. The van der Waals surface area contributed by atoms with Crippen molar-refractivity contribution >= 4 is 11.7 Å². The van der Waals surface area contributed by atoms with E-state index in [-0.39, 0.29) is 24.8 Å². The molecular weight excluding hydrogens is 376 g/mol. The first-order valence-corrected chi connectivity index (χ1v) is 10.8. The summed E-state index contributed by atoms with van der Waals surface area (Å²) in [6, 6.07) is 15.7. The summed E-state index contributed by atoms with van der Waals surface area (Å²) in [6.07, 6.45) is -0.131. The Bertz CT molecular complexity index is 828. The summed E-state index contributed by atoms with van der Waals surface area (Å²) in [5.41, 5.74) is 4.05. The second-order valence-electron chi connectivity index (χ2n) is 8.69. The second kappa shape index (κ2) is 9.19. The number of hydrogen-bond donors (Lipinski definition) is 2. The molecular formula is C25H34N2O3. The van der Waals surface area contributed by atoms with Gasteiger partial charge in [0.1, 0.15) is 0 Å². The molecule has 2 aromatic carbocycles. The smallest absolute Gasteiger partial charge is 0.319 e. The van der Waals surface area contributed by atoms with E-state index >= 15 is 0 Å². The maximum atomic E-state index is 12.9. The minimum atomic E-state index is -0.990. The minimum Gasteiger partial charge on any atom is -0.339 e. The van der Waals surface area contributed by atoms with Crippen LogP contribution in [0.4, 0.5) is 10.5 Å². The Morgan fingerprint density at radius 2 is 1.43 bits per heavy atom. The van der Waals surface area contributed by atoms with Gasteiger partial charge in [0, 0.05) is 11.3 Å². The number of benzene rings is 2. The number of hydrogen-bond acceptors (Lipinski definition) is 3. The zero-order valence-electron chi connectivity index (χ0n) is 18.9. The largest absolute Gasteiger partial charge is 0.339 e. The fourth-order valence-electron chi connectivity index (χ4n) is 3.88. The molecule has 0 unspecified atom stereocenters. The Morgan fingerprint density at radius 3 is 1.93 bits per heavy atom. The second-order valence-corrected chi connectivity index (χ2v) is 8.69. The molecule has 0 aromatic heterocycles. The molecule has 2 N–H and O–H groups in total. The van der Waals surface area contributed by atoms with Crippen molar-refractivity contribution in [2.45, 2.75) is 71.4 Å². The van der Waals surface area contributed by atoms with Crippen LogP contribution in [0.25, 0.3) is 0 Å². The Balaban J connectivity index is 1.80. The standard InChI is InChI=1S/C25H34N2O3/c1-16(2)21-13-10-14-22(17(3)4)23(21)27-24(28)26-15-25(20-11-8-7-9-12-20)29-18(5)19(6)30-25/h7-14,16-19H,15H2,1-6H3,(H2,26,27,28)/t18-,19-/m1/s1. The zero-order chi connectivity index (χ0) is 21.9. The van der Waals surface area contributed by atoms with E-state index in [9.17, 15) is 4.79 Å². The Labute approximate surface area is 180 Å². The van der Waals surface area contributed by atoms with Crippen LogP contribution in [0.3, 0.4) is 0 Å². The summed E-state index contributed by atoms with van der Waals surface area (Å²) in [5, 5.41) is 6.08. The first-order chi connectivity index (χ1) is 14.2. The number of anilines is 1. The Hall–Kier alpha value is -2.37. The summed E-state index contributed by atoms with van der Waals surface area (Å²) in [7, 11) is 0. The van der Waals surface area contributed by atoms with E-state index in [1.807, 2.05) is 44.2 Å². The predicted molar refractivity (Wildman–Crippen MR) is 121 cm³/mol. The fourth-order valence-corrected chi connectivity index (χ4v) is 3.88. The highest BCUT2D eigenvalue weighted by Crippen LogP contribution is 2.37. The summed E-state index contributed by atoms with van der Waals surface area (Å²) in [4.78, 5) is 12.9. The molecule has 0 radical (unpaired) electrons. The lowest BCUT2D eigenvalue weighted by molar-refractivity contribution is -0.176. The van der Waals surface area contributed by atoms with Crippen LogP contribution < -0.4 is 10.6 Å². The van der Waals surface area contributed by atoms with Crippen LogP contribution in [0.15, 0.2) is 48.5 Å². The Morgan fingerprint density at radius 1 is 0.900 bits per heavy atom. The highest BCUT2D eigenvalue weighted by atomic mass is 16.8. The maximum absolute atomic E-state index is 12.9. The van der Waals surface area contributed by atoms with Crippen LogP contribution in [0.5, 0.6) is 0 Å². The van der Waals surface area contributed by atoms with Gasteiger partial charge in [-0.1, -0.05) is 76.2 Å². The van der Waals surface area contributed by atoms with Gasteiger partial charge in [0.25, 0.3) is 0 Å².